The Morgan fingerprint density at radius 2 is 1.74 bits per heavy atom. The van der Waals surface area contributed by atoms with Gasteiger partial charge in [-0.25, -0.2) is 9.78 Å². The molecule has 0 aliphatic carbocycles. The van der Waals surface area contributed by atoms with E-state index in [1.54, 1.807) is 20.3 Å². The smallest absolute Gasteiger partial charge is 0.407 e. The molecule has 0 atom stereocenters. The number of pyridine rings is 1. The second-order valence-corrected chi connectivity index (χ2v) is 10.1. The van der Waals surface area contributed by atoms with E-state index in [1.165, 1.54) is 0 Å². The Kier molecular flexibility index (Phi) is 11.2. The molecule has 0 bridgehead atoms. The number of amides is 1. The molecule has 3 heterocycles. The number of hydrogen-bond donors (Lipinski definition) is 1. The first-order valence-corrected chi connectivity index (χ1v) is 12.4. The molecule has 210 valence electrons. The summed E-state index contributed by atoms with van der Waals surface area (Å²) in [6, 6.07) is 7.80. The van der Waals surface area contributed by atoms with E-state index in [4.69, 9.17) is 30.8 Å². The van der Waals surface area contributed by atoms with E-state index >= 15 is 0 Å². The number of benzene rings is 1. The third-order valence-electron chi connectivity index (χ3n) is 6.03. The molecule has 0 radical (unpaired) electrons. The number of rotatable bonds is 7. The molecule has 1 saturated heterocycles. The first-order valence-electron chi connectivity index (χ1n) is 12.0. The molecule has 0 unspecified atom stereocenters. The molecule has 2 aromatic heterocycles. The fourth-order valence-electron chi connectivity index (χ4n) is 4.22. The Morgan fingerprint density at radius 1 is 1.05 bits per heavy atom. The largest absolute Gasteiger partial charge is 0.496 e. The van der Waals surface area contributed by atoms with Crippen molar-refractivity contribution < 1.29 is 19.0 Å². The van der Waals surface area contributed by atoms with Crippen LogP contribution >= 0.6 is 36.4 Å². The Morgan fingerprint density at radius 3 is 2.37 bits per heavy atom. The molecule has 9 nitrogen and oxygen atoms in total. The zero-order chi connectivity index (χ0) is 25.9. The van der Waals surface area contributed by atoms with E-state index in [9.17, 15) is 4.79 Å². The maximum atomic E-state index is 11.8. The van der Waals surface area contributed by atoms with Crippen molar-refractivity contribution in [2.45, 2.75) is 26.4 Å². The van der Waals surface area contributed by atoms with Crippen molar-refractivity contribution in [3.05, 3.63) is 41.7 Å². The number of fused-ring (bicyclic) bond motifs is 1. The zero-order valence-corrected chi connectivity index (χ0v) is 24.7. The lowest BCUT2D eigenvalue weighted by Crippen LogP contribution is -2.48. The van der Waals surface area contributed by atoms with Crippen molar-refractivity contribution in [2.24, 2.45) is 0 Å². The Bertz CT molecular complexity index is 1220. The van der Waals surface area contributed by atoms with Crippen LogP contribution in [0.15, 0.2) is 36.7 Å². The van der Waals surface area contributed by atoms with Crippen molar-refractivity contribution in [2.75, 3.05) is 58.4 Å². The molecule has 1 aromatic carbocycles. The van der Waals surface area contributed by atoms with Crippen LogP contribution in [0.5, 0.6) is 11.5 Å². The molecule has 12 heteroatoms. The van der Waals surface area contributed by atoms with Crippen LogP contribution in [0.3, 0.4) is 0 Å². The normalized spacial score (nSPS) is 13.9. The van der Waals surface area contributed by atoms with E-state index in [1.807, 2.05) is 43.6 Å². The molecule has 1 N–H and O–H groups in total. The molecule has 0 saturated carbocycles. The lowest BCUT2D eigenvalue weighted by atomic mass is 10.1. The van der Waals surface area contributed by atoms with Gasteiger partial charge in [-0.2, -0.15) is 0 Å². The van der Waals surface area contributed by atoms with Gasteiger partial charge in [0.2, 0.25) is 0 Å². The summed E-state index contributed by atoms with van der Waals surface area (Å²) in [4.78, 5) is 21.4. The van der Waals surface area contributed by atoms with Crippen LogP contribution in [-0.2, 0) is 4.74 Å². The molecule has 1 amide bonds. The van der Waals surface area contributed by atoms with E-state index in [0.717, 1.165) is 55.3 Å². The summed E-state index contributed by atoms with van der Waals surface area (Å²) in [7, 11) is 3.20. The highest BCUT2D eigenvalue weighted by atomic mass is 35.5. The lowest BCUT2D eigenvalue weighted by molar-refractivity contribution is 0.0521. The summed E-state index contributed by atoms with van der Waals surface area (Å²) in [6.45, 7) is 10.6. The standard InChI is InChI=1S/C26H34ClN5O4.2ClH/c1-26(2,3)36-25(33)28-7-9-30-10-12-31(13-11-30)18-6-8-32-17-21(29-24(32)14-18)19-15-20(27)23(35-5)16-22(19)34-4;;/h6,8,14-17H,7,9-13H2,1-5H3,(H,28,33);2*1H. The van der Waals surface area contributed by atoms with Gasteiger partial charge in [-0.3, -0.25) is 4.90 Å². The van der Waals surface area contributed by atoms with E-state index < -0.39 is 5.60 Å². The van der Waals surface area contributed by atoms with Crippen molar-refractivity contribution in [1.82, 2.24) is 19.6 Å². The van der Waals surface area contributed by atoms with Crippen molar-refractivity contribution >= 4 is 53.8 Å². The number of halogens is 3. The minimum absolute atomic E-state index is 0. The van der Waals surface area contributed by atoms with Gasteiger partial charge >= 0.3 is 6.09 Å². The van der Waals surface area contributed by atoms with Crippen molar-refractivity contribution in [3.8, 4) is 22.8 Å². The van der Waals surface area contributed by atoms with Crippen LogP contribution in [0.4, 0.5) is 10.5 Å². The average molecular weight is 589 g/mol. The number of piperazine rings is 1. The second kappa shape index (κ2) is 13.5. The fraction of sp³-hybridized carbons (Fsp3) is 0.462. The zero-order valence-electron chi connectivity index (χ0n) is 22.3. The molecule has 1 aliphatic heterocycles. The van der Waals surface area contributed by atoms with E-state index in [-0.39, 0.29) is 30.9 Å². The highest BCUT2D eigenvalue weighted by Gasteiger charge is 2.20. The highest BCUT2D eigenvalue weighted by Crippen LogP contribution is 2.38. The van der Waals surface area contributed by atoms with Crippen LogP contribution < -0.4 is 19.7 Å². The van der Waals surface area contributed by atoms with Gasteiger partial charge < -0.3 is 28.8 Å². The first-order chi connectivity index (χ1) is 17.2. The van der Waals surface area contributed by atoms with Gasteiger partial charge in [-0.1, -0.05) is 11.6 Å². The maximum absolute atomic E-state index is 11.8. The number of alkyl carbamates (subject to hydrolysis) is 1. The van der Waals surface area contributed by atoms with Crippen molar-refractivity contribution in [3.63, 3.8) is 0 Å². The summed E-state index contributed by atoms with van der Waals surface area (Å²) in [5.74, 6) is 1.21. The molecule has 1 aliphatic rings. The number of nitrogens with zero attached hydrogens (tertiary/aromatic N) is 4. The summed E-state index contributed by atoms with van der Waals surface area (Å²) in [5.41, 5.74) is 3.07. The lowest BCUT2D eigenvalue weighted by Gasteiger charge is -2.36. The average Bonchev–Trinajstić information content (AvgIpc) is 3.26. The summed E-state index contributed by atoms with van der Waals surface area (Å²) >= 11 is 6.37. The maximum Gasteiger partial charge on any atom is 0.407 e. The minimum Gasteiger partial charge on any atom is -0.496 e. The predicted molar refractivity (Wildman–Crippen MR) is 156 cm³/mol. The Labute approximate surface area is 241 Å². The number of ether oxygens (including phenoxy) is 3. The minimum atomic E-state index is -0.486. The summed E-state index contributed by atoms with van der Waals surface area (Å²) < 4.78 is 18.1. The van der Waals surface area contributed by atoms with E-state index in [0.29, 0.717) is 23.1 Å². The van der Waals surface area contributed by atoms with E-state index in [2.05, 4.69) is 27.2 Å². The molecular formula is C26H36Cl3N5O4. The number of imidazole rings is 1. The number of carbonyl (C=O) groups is 1. The van der Waals surface area contributed by atoms with Gasteiger partial charge in [0.15, 0.2) is 0 Å². The van der Waals surface area contributed by atoms with Crippen molar-refractivity contribution in [1.29, 1.82) is 0 Å². The van der Waals surface area contributed by atoms with Crippen LogP contribution in [0.25, 0.3) is 16.9 Å². The number of nitrogens with one attached hydrogen (secondary N) is 1. The summed E-state index contributed by atoms with van der Waals surface area (Å²) in [5, 5.41) is 3.34. The molecular weight excluding hydrogens is 553 g/mol. The Balaban J connectivity index is 0.00000253. The molecule has 1 fully saturated rings. The van der Waals surface area contributed by atoms with Gasteiger partial charge in [0.05, 0.1) is 24.9 Å². The van der Waals surface area contributed by atoms with Gasteiger partial charge in [0, 0.05) is 75.0 Å². The third-order valence-corrected chi connectivity index (χ3v) is 6.32. The predicted octanol–water partition coefficient (Wildman–Crippen LogP) is 5.16. The quantitative estimate of drug-likeness (QED) is 0.408. The second-order valence-electron chi connectivity index (χ2n) is 9.72. The monoisotopic (exact) mass is 587 g/mol. The number of carbonyl (C=O) groups excluding carboxylic acids is 1. The number of anilines is 1. The molecule has 4 rings (SSSR count). The van der Waals surface area contributed by atoms with Gasteiger partial charge in [-0.05, 0) is 32.9 Å². The highest BCUT2D eigenvalue weighted by molar-refractivity contribution is 6.32. The van der Waals surface area contributed by atoms with Crippen LogP contribution in [0.2, 0.25) is 5.02 Å². The number of aromatic nitrogens is 2. The van der Waals surface area contributed by atoms with Gasteiger partial charge in [-0.15, -0.1) is 24.8 Å². The van der Waals surface area contributed by atoms with Crippen LogP contribution in [0.1, 0.15) is 20.8 Å². The SMILES string of the molecule is COc1cc(OC)c(-c2cn3ccc(N4CCN(CCNC(=O)OC(C)(C)C)CC4)cc3n2)cc1Cl.Cl.Cl. The summed E-state index contributed by atoms with van der Waals surface area (Å²) in [6.07, 6.45) is 3.62. The Hall–Kier alpha value is -2.59. The molecule has 38 heavy (non-hydrogen) atoms. The first kappa shape index (κ1) is 31.6. The van der Waals surface area contributed by atoms with Gasteiger partial charge in [0.1, 0.15) is 22.7 Å². The number of hydrogen-bond acceptors (Lipinski definition) is 7. The topological polar surface area (TPSA) is 80.6 Å². The number of methoxy groups -OCH3 is 2. The van der Waals surface area contributed by atoms with Crippen LogP contribution in [-0.4, -0.2) is 79.5 Å². The van der Waals surface area contributed by atoms with Crippen LogP contribution in [0, 0.1) is 0 Å². The van der Waals surface area contributed by atoms with Gasteiger partial charge in [0.25, 0.3) is 0 Å². The molecule has 3 aromatic rings. The third kappa shape index (κ3) is 7.72. The fourth-order valence-corrected chi connectivity index (χ4v) is 4.46. The molecule has 0 spiro atoms.